The topological polar surface area (TPSA) is 96.5 Å². The van der Waals surface area contributed by atoms with Gasteiger partial charge in [-0.15, -0.1) is 0 Å². The van der Waals surface area contributed by atoms with Crippen molar-refractivity contribution >= 4 is 17.6 Å². The maximum atomic E-state index is 9.09. The molecule has 1 aliphatic heterocycles. The molecule has 0 bridgehead atoms. The van der Waals surface area contributed by atoms with E-state index in [1.807, 2.05) is 11.0 Å². The molecule has 2 rings (SSSR count). The lowest BCUT2D eigenvalue weighted by Gasteiger charge is -2.32. The minimum atomic E-state index is -0.169. The summed E-state index contributed by atoms with van der Waals surface area (Å²) in [7, 11) is 1.78. The number of hydrogen-bond acceptors (Lipinski definition) is 7. The third-order valence-electron chi connectivity index (χ3n) is 2.65. The molecule has 1 unspecified atom stereocenters. The molecular weight excluding hydrogens is 222 g/mol. The first-order valence-corrected chi connectivity index (χ1v) is 5.52. The summed E-state index contributed by atoms with van der Waals surface area (Å²) in [5.74, 6) is 1.67. The predicted molar refractivity (Wildman–Crippen MR) is 65.0 cm³/mol. The summed E-state index contributed by atoms with van der Waals surface area (Å²) < 4.78 is 5.38. The van der Waals surface area contributed by atoms with Crippen LogP contribution in [0.3, 0.4) is 0 Å². The lowest BCUT2D eigenvalue weighted by atomic mass is 10.3. The molecule has 4 N–H and O–H groups in total. The van der Waals surface area contributed by atoms with Crippen LogP contribution in [0, 0.1) is 0 Å². The van der Waals surface area contributed by atoms with E-state index in [1.165, 1.54) is 0 Å². The summed E-state index contributed by atoms with van der Waals surface area (Å²) in [6.45, 7) is 1.92. The van der Waals surface area contributed by atoms with E-state index >= 15 is 0 Å². The van der Waals surface area contributed by atoms with Crippen LogP contribution in [0.4, 0.5) is 17.6 Å². The molecule has 0 radical (unpaired) electrons. The van der Waals surface area contributed by atoms with Crippen molar-refractivity contribution < 1.29 is 9.84 Å². The van der Waals surface area contributed by atoms with E-state index < -0.39 is 0 Å². The zero-order chi connectivity index (χ0) is 12.3. The van der Waals surface area contributed by atoms with Crippen LogP contribution in [0.5, 0.6) is 0 Å². The van der Waals surface area contributed by atoms with Gasteiger partial charge in [0.05, 0.1) is 19.3 Å². The van der Waals surface area contributed by atoms with Crippen LogP contribution >= 0.6 is 0 Å². The standard InChI is InChI=1S/C10H17N5O2/c1-12-8-4-9(14-10(11)13-8)15-2-3-17-7(5-15)6-16/h4,7,16H,2-3,5-6H2,1H3,(H3,11,12,13,14). The Kier molecular flexibility index (Phi) is 3.60. The number of nitrogens with one attached hydrogen (secondary N) is 1. The fourth-order valence-corrected chi connectivity index (χ4v) is 1.78. The van der Waals surface area contributed by atoms with Gasteiger partial charge in [0.15, 0.2) is 0 Å². The number of morpholine rings is 1. The van der Waals surface area contributed by atoms with Gasteiger partial charge in [0.2, 0.25) is 5.95 Å². The average molecular weight is 239 g/mol. The van der Waals surface area contributed by atoms with Crippen molar-refractivity contribution in [2.24, 2.45) is 0 Å². The average Bonchev–Trinajstić information content (AvgIpc) is 2.38. The lowest BCUT2D eigenvalue weighted by Crippen LogP contribution is -2.44. The number of anilines is 3. The Balaban J connectivity index is 2.18. The fourth-order valence-electron chi connectivity index (χ4n) is 1.78. The number of ether oxygens (including phenoxy) is 1. The van der Waals surface area contributed by atoms with Crippen molar-refractivity contribution in [3.8, 4) is 0 Å². The van der Waals surface area contributed by atoms with Gasteiger partial charge in [0, 0.05) is 26.2 Å². The second kappa shape index (κ2) is 5.15. The molecule has 1 fully saturated rings. The first kappa shape index (κ1) is 11.9. The summed E-state index contributed by atoms with van der Waals surface area (Å²) in [5.41, 5.74) is 5.64. The number of rotatable bonds is 3. The number of nitrogen functional groups attached to an aromatic ring is 1. The second-order valence-corrected chi connectivity index (χ2v) is 3.84. The molecule has 2 heterocycles. The first-order chi connectivity index (χ1) is 8.22. The molecule has 7 nitrogen and oxygen atoms in total. The zero-order valence-corrected chi connectivity index (χ0v) is 9.76. The molecule has 0 aliphatic carbocycles. The molecular formula is C10H17N5O2. The van der Waals surface area contributed by atoms with E-state index in [4.69, 9.17) is 15.6 Å². The smallest absolute Gasteiger partial charge is 0.223 e. The highest BCUT2D eigenvalue weighted by molar-refractivity contribution is 5.52. The fraction of sp³-hybridized carbons (Fsp3) is 0.600. The van der Waals surface area contributed by atoms with E-state index in [0.29, 0.717) is 19.0 Å². The van der Waals surface area contributed by atoms with Crippen molar-refractivity contribution in [3.63, 3.8) is 0 Å². The Hall–Kier alpha value is -1.60. The summed E-state index contributed by atoms with van der Waals surface area (Å²) in [5, 5.41) is 12.0. The van der Waals surface area contributed by atoms with Crippen molar-refractivity contribution in [2.45, 2.75) is 6.10 Å². The van der Waals surface area contributed by atoms with E-state index in [2.05, 4.69) is 15.3 Å². The number of aliphatic hydroxyl groups excluding tert-OH is 1. The zero-order valence-electron chi connectivity index (χ0n) is 9.76. The molecule has 0 spiro atoms. The van der Waals surface area contributed by atoms with Crippen molar-refractivity contribution in [1.29, 1.82) is 0 Å². The van der Waals surface area contributed by atoms with Gasteiger partial charge in [0.25, 0.3) is 0 Å². The minimum Gasteiger partial charge on any atom is -0.394 e. The quantitative estimate of drug-likeness (QED) is 0.641. The van der Waals surface area contributed by atoms with Gasteiger partial charge in [-0.2, -0.15) is 9.97 Å². The number of nitrogens with zero attached hydrogens (tertiary/aromatic N) is 3. The molecule has 0 aromatic carbocycles. The Bertz CT molecular complexity index is 387. The Morgan fingerprint density at radius 2 is 2.47 bits per heavy atom. The third-order valence-corrected chi connectivity index (χ3v) is 2.65. The van der Waals surface area contributed by atoms with Gasteiger partial charge in [0.1, 0.15) is 11.6 Å². The number of aliphatic hydroxyl groups is 1. The molecule has 1 saturated heterocycles. The van der Waals surface area contributed by atoms with Crippen LogP contribution < -0.4 is 16.0 Å². The van der Waals surface area contributed by atoms with Crippen LogP contribution in [0.15, 0.2) is 6.07 Å². The van der Waals surface area contributed by atoms with Gasteiger partial charge in [-0.05, 0) is 0 Å². The molecule has 94 valence electrons. The van der Waals surface area contributed by atoms with Gasteiger partial charge in [-0.25, -0.2) is 0 Å². The number of aromatic nitrogens is 2. The van der Waals surface area contributed by atoms with Gasteiger partial charge < -0.3 is 25.8 Å². The van der Waals surface area contributed by atoms with Crippen molar-refractivity contribution in [3.05, 3.63) is 6.07 Å². The summed E-state index contributed by atoms with van der Waals surface area (Å²) in [6.07, 6.45) is -0.169. The molecule has 0 amide bonds. The van der Waals surface area contributed by atoms with Crippen LogP contribution in [0.25, 0.3) is 0 Å². The van der Waals surface area contributed by atoms with Gasteiger partial charge in [-0.1, -0.05) is 0 Å². The maximum absolute atomic E-state index is 9.09. The molecule has 1 aliphatic rings. The summed E-state index contributed by atoms with van der Waals surface area (Å²) in [4.78, 5) is 10.3. The highest BCUT2D eigenvalue weighted by atomic mass is 16.5. The third kappa shape index (κ3) is 2.75. The van der Waals surface area contributed by atoms with E-state index in [1.54, 1.807) is 7.05 Å². The van der Waals surface area contributed by atoms with Crippen LogP contribution in [-0.2, 0) is 4.74 Å². The largest absolute Gasteiger partial charge is 0.394 e. The van der Waals surface area contributed by atoms with E-state index in [9.17, 15) is 0 Å². The van der Waals surface area contributed by atoms with E-state index in [0.717, 1.165) is 12.4 Å². The van der Waals surface area contributed by atoms with Crippen LogP contribution in [0.2, 0.25) is 0 Å². The highest BCUT2D eigenvalue weighted by Crippen LogP contribution is 2.19. The molecule has 17 heavy (non-hydrogen) atoms. The lowest BCUT2D eigenvalue weighted by molar-refractivity contribution is 0.00337. The summed E-state index contributed by atoms with van der Waals surface area (Å²) in [6, 6.07) is 1.83. The molecule has 0 saturated carbocycles. The highest BCUT2D eigenvalue weighted by Gasteiger charge is 2.21. The molecule has 7 heteroatoms. The Morgan fingerprint density at radius 1 is 1.65 bits per heavy atom. The molecule has 1 aromatic heterocycles. The normalized spacial score (nSPS) is 20.4. The van der Waals surface area contributed by atoms with E-state index in [-0.39, 0.29) is 18.7 Å². The molecule has 1 aromatic rings. The van der Waals surface area contributed by atoms with Gasteiger partial charge >= 0.3 is 0 Å². The predicted octanol–water partition coefficient (Wildman–Crippen LogP) is -0.702. The molecule has 1 atom stereocenters. The van der Waals surface area contributed by atoms with Crippen molar-refractivity contribution in [2.75, 3.05) is 49.3 Å². The maximum Gasteiger partial charge on any atom is 0.223 e. The minimum absolute atomic E-state index is 0.00987. The Morgan fingerprint density at radius 3 is 3.18 bits per heavy atom. The van der Waals surface area contributed by atoms with Crippen LogP contribution in [-0.4, -0.2) is 54.5 Å². The van der Waals surface area contributed by atoms with Gasteiger partial charge in [-0.3, -0.25) is 0 Å². The Labute approximate surface area is 99.6 Å². The first-order valence-electron chi connectivity index (χ1n) is 5.52. The number of hydrogen-bond donors (Lipinski definition) is 3. The monoisotopic (exact) mass is 239 g/mol. The SMILES string of the molecule is CNc1cc(N2CCOC(CO)C2)nc(N)n1. The van der Waals surface area contributed by atoms with Crippen LogP contribution in [0.1, 0.15) is 0 Å². The summed E-state index contributed by atoms with van der Waals surface area (Å²) >= 11 is 0. The van der Waals surface area contributed by atoms with Crippen molar-refractivity contribution in [1.82, 2.24) is 9.97 Å². The second-order valence-electron chi connectivity index (χ2n) is 3.84. The number of nitrogens with two attached hydrogens (primary N) is 1.